The van der Waals surface area contributed by atoms with E-state index in [-0.39, 0.29) is 0 Å². The standard InChI is InChI=1S/C10H10N4.2C2H6/c11-8-3-1-4-9(7-8)14-10-12-5-2-6-13-10;2*1-2/h1-7H,11H2,(H,12,13,14);2*1-2H3. The Bertz CT molecular complexity index is 415. The van der Waals surface area contributed by atoms with Gasteiger partial charge in [0, 0.05) is 23.8 Å². The predicted octanol–water partition coefficient (Wildman–Crippen LogP) is 3.85. The Morgan fingerprint density at radius 2 is 1.56 bits per heavy atom. The summed E-state index contributed by atoms with van der Waals surface area (Å²) < 4.78 is 0. The molecule has 4 heteroatoms. The highest BCUT2D eigenvalue weighted by Crippen LogP contribution is 2.14. The zero-order chi connectivity index (χ0) is 13.8. The number of nitrogens with zero attached hydrogens (tertiary/aromatic N) is 2. The number of nitrogens with one attached hydrogen (secondary N) is 1. The molecule has 18 heavy (non-hydrogen) atoms. The monoisotopic (exact) mass is 246 g/mol. The van der Waals surface area contributed by atoms with Crippen molar-refractivity contribution < 1.29 is 0 Å². The van der Waals surface area contributed by atoms with E-state index in [2.05, 4.69) is 15.3 Å². The molecule has 0 amide bonds. The second-order valence-electron chi connectivity index (χ2n) is 2.82. The van der Waals surface area contributed by atoms with Crippen LogP contribution < -0.4 is 11.1 Å². The minimum Gasteiger partial charge on any atom is -0.399 e. The van der Waals surface area contributed by atoms with Crippen molar-refractivity contribution in [2.45, 2.75) is 27.7 Å². The van der Waals surface area contributed by atoms with Gasteiger partial charge in [0.1, 0.15) is 0 Å². The molecule has 3 N–H and O–H groups in total. The van der Waals surface area contributed by atoms with Gasteiger partial charge in [-0.25, -0.2) is 9.97 Å². The van der Waals surface area contributed by atoms with Crippen LogP contribution in [-0.2, 0) is 0 Å². The number of aromatic nitrogens is 2. The first-order chi connectivity index (χ1) is 8.84. The van der Waals surface area contributed by atoms with Crippen molar-refractivity contribution in [3.8, 4) is 0 Å². The molecular weight excluding hydrogens is 224 g/mol. The van der Waals surface area contributed by atoms with Crippen LogP contribution in [0.1, 0.15) is 27.7 Å². The van der Waals surface area contributed by atoms with Crippen molar-refractivity contribution in [2.75, 3.05) is 11.1 Å². The minimum atomic E-state index is 0.568. The van der Waals surface area contributed by atoms with Crippen molar-refractivity contribution in [1.29, 1.82) is 0 Å². The molecule has 0 spiro atoms. The summed E-state index contributed by atoms with van der Waals surface area (Å²) in [5.74, 6) is 0.568. The molecule has 0 radical (unpaired) electrons. The molecule has 0 unspecified atom stereocenters. The van der Waals surface area contributed by atoms with Gasteiger partial charge >= 0.3 is 0 Å². The van der Waals surface area contributed by atoms with Gasteiger partial charge in [-0.3, -0.25) is 0 Å². The molecule has 98 valence electrons. The summed E-state index contributed by atoms with van der Waals surface area (Å²) in [6.07, 6.45) is 3.36. The highest BCUT2D eigenvalue weighted by molar-refractivity contribution is 5.59. The predicted molar refractivity (Wildman–Crippen MR) is 78.9 cm³/mol. The maximum absolute atomic E-state index is 5.63. The van der Waals surface area contributed by atoms with Crippen LogP contribution in [0.25, 0.3) is 0 Å². The van der Waals surface area contributed by atoms with Crippen LogP contribution in [0, 0.1) is 0 Å². The molecule has 0 aliphatic heterocycles. The van der Waals surface area contributed by atoms with E-state index in [9.17, 15) is 0 Å². The van der Waals surface area contributed by atoms with Crippen LogP contribution in [0.3, 0.4) is 0 Å². The molecule has 0 fully saturated rings. The van der Waals surface area contributed by atoms with Crippen molar-refractivity contribution in [1.82, 2.24) is 9.97 Å². The fraction of sp³-hybridized carbons (Fsp3) is 0.286. The lowest BCUT2D eigenvalue weighted by molar-refractivity contribution is 1.17. The summed E-state index contributed by atoms with van der Waals surface area (Å²) in [7, 11) is 0. The molecule has 1 aromatic carbocycles. The first-order valence-electron chi connectivity index (χ1n) is 6.24. The van der Waals surface area contributed by atoms with Gasteiger partial charge in [0.25, 0.3) is 0 Å². The topological polar surface area (TPSA) is 63.8 Å². The van der Waals surface area contributed by atoms with Gasteiger partial charge in [-0.1, -0.05) is 33.8 Å². The maximum Gasteiger partial charge on any atom is 0.227 e. The van der Waals surface area contributed by atoms with Crippen molar-refractivity contribution in [3.05, 3.63) is 42.7 Å². The van der Waals surface area contributed by atoms with E-state index >= 15 is 0 Å². The van der Waals surface area contributed by atoms with Gasteiger partial charge in [0.15, 0.2) is 0 Å². The highest BCUT2D eigenvalue weighted by Gasteiger charge is 1.95. The Hall–Kier alpha value is -2.10. The van der Waals surface area contributed by atoms with Gasteiger partial charge < -0.3 is 11.1 Å². The fourth-order valence-corrected chi connectivity index (χ4v) is 1.11. The summed E-state index contributed by atoms with van der Waals surface area (Å²) >= 11 is 0. The SMILES string of the molecule is CC.CC.Nc1cccc(Nc2ncccn2)c1. The lowest BCUT2D eigenvalue weighted by Crippen LogP contribution is -1.96. The molecule has 2 aromatic rings. The Morgan fingerprint density at radius 1 is 0.944 bits per heavy atom. The van der Waals surface area contributed by atoms with Gasteiger partial charge in [0.05, 0.1) is 0 Å². The van der Waals surface area contributed by atoms with Crippen molar-refractivity contribution in [3.63, 3.8) is 0 Å². The third-order valence-corrected chi connectivity index (χ3v) is 1.71. The van der Waals surface area contributed by atoms with Crippen LogP contribution >= 0.6 is 0 Å². The van der Waals surface area contributed by atoms with Crippen molar-refractivity contribution >= 4 is 17.3 Å². The molecule has 0 aliphatic carbocycles. The average Bonchev–Trinajstić information content (AvgIpc) is 2.44. The fourth-order valence-electron chi connectivity index (χ4n) is 1.11. The largest absolute Gasteiger partial charge is 0.399 e. The summed E-state index contributed by atoms with van der Waals surface area (Å²) in [6.45, 7) is 8.00. The molecule has 1 aromatic heterocycles. The van der Waals surface area contributed by atoms with Gasteiger partial charge in [0.2, 0.25) is 5.95 Å². The molecular formula is C14H22N4. The lowest BCUT2D eigenvalue weighted by Gasteiger charge is -2.03. The first-order valence-corrected chi connectivity index (χ1v) is 6.24. The van der Waals surface area contributed by atoms with E-state index < -0.39 is 0 Å². The first kappa shape index (κ1) is 15.9. The Labute approximate surface area is 109 Å². The van der Waals surface area contributed by atoms with E-state index in [1.807, 2.05) is 52.0 Å². The van der Waals surface area contributed by atoms with Crippen LogP contribution in [0.4, 0.5) is 17.3 Å². The average molecular weight is 246 g/mol. The van der Waals surface area contributed by atoms with Crippen LogP contribution in [-0.4, -0.2) is 9.97 Å². The number of benzene rings is 1. The normalized spacial score (nSPS) is 8.22. The summed E-state index contributed by atoms with van der Waals surface area (Å²) in [6, 6.07) is 9.21. The zero-order valence-electron chi connectivity index (χ0n) is 11.5. The molecule has 0 saturated heterocycles. The molecule has 0 aliphatic rings. The summed E-state index contributed by atoms with van der Waals surface area (Å²) in [5, 5.41) is 3.04. The molecule has 4 nitrogen and oxygen atoms in total. The Morgan fingerprint density at radius 3 is 2.11 bits per heavy atom. The number of nitrogen functional groups attached to an aromatic ring is 1. The van der Waals surface area contributed by atoms with Crippen LogP contribution in [0.2, 0.25) is 0 Å². The minimum absolute atomic E-state index is 0.568. The molecule has 0 saturated carbocycles. The number of hydrogen-bond donors (Lipinski definition) is 2. The van der Waals surface area contributed by atoms with E-state index in [1.165, 1.54) is 0 Å². The number of hydrogen-bond acceptors (Lipinski definition) is 4. The third kappa shape index (κ3) is 5.84. The van der Waals surface area contributed by atoms with E-state index in [4.69, 9.17) is 5.73 Å². The zero-order valence-corrected chi connectivity index (χ0v) is 11.5. The second-order valence-corrected chi connectivity index (χ2v) is 2.82. The second kappa shape index (κ2) is 10.1. The lowest BCUT2D eigenvalue weighted by atomic mass is 10.3. The van der Waals surface area contributed by atoms with Crippen molar-refractivity contribution in [2.24, 2.45) is 0 Å². The molecule has 1 heterocycles. The summed E-state index contributed by atoms with van der Waals surface area (Å²) in [5.41, 5.74) is 7.23. The smallest absolute Gasteiger partial charge is 0.227 e. The van der Waals surface area contributed by atoms with Crippen LogP contribution in [0.15, 0.2) is 42.7 Å². The van der Waals surface area contributed by atoms with Gasteiger partial charge in [-0.05, 0) is 24.3 Å². The number of rotatable bonds is 2. The maximum atomic E-state index is 5.63. The Balaban J connectivity index is 0.000000659. The Kier molecular flexibility index (Phi) is 8.90. The van der Waals surface area contributed by atoms with E-state index in [0.29, 0.717) is 11.6 Å². The highest BCUT2D eigenvalue weighted by atomic mass is 15.1. The number of anilines is 3. The molecule has 2 rings (SSSR count). The van der Waals surface area contributed by atoms with Gasteiger partial charge in [-0.15, -0.1) is 0 Å². The van der Waals surface area contributed by atoms with E-state index in [1.54, 1.807) is 18.5 Å². The van der Waals surface area contributed by atoms with Crippen LogP contribution in [0.5, 0.6) is 0 Å². The third-order valence-electron chi connectivity index (χ3n) is 1.71. The molecule has 0 atom stereocenters. The summed E-state index contributed by atoms with van der Waals surface area (Å²) in [4.78, 5) is 8.08. The van der Waals surface area contributed by atoms with E-state index in [0.717, 1.165) is 5.69 Å². The molecule has 0 bridgehead atoms. The quantitative estimate of drug-likeness (QED) is 0.790. The number of nitrogens with two attached hydrogens (primary N) is 1. The van der Waals surface area contributed by atoms with Gasteiger partial charge in [-0.2, -0.15) is 0 Å².